The molecule has 4 rings (SSSR count). The van der Waals surface area contributed by atoms with Gasteiger partial charge in [-0.3, -0.25) is 0 Å². The van der Waals surface area contributed by atoms with Crippen LogP contribution in [0.15, 0.2) is 59.7 Å². The minimum absolute atomic E-state index is 0.108. The minimum Gasteiger partial charge on any atom is -0.497 e. The number of thiocarbonyl (C=S) groups is 1. The van der Waals surface area contributed by atoms with Crippen molar-refractivity contribution in [2.45, 2.75) is 12.5 Å². The Bertz CT molecular complexity index is 1150. The predicted octanol–water partition coefficient (Wildman–Crippen LogP) is 4.26. The Balaban J connectivity index is 1.68. The first-order valence-corrected chi connectivity index (χ1v) is 9.91. The van der Waals surface area contributed by atoms with Crippen molar-refractivity contribution in [3.05, 3.63) is 65.7 Å². The van der Waals surface area contributed by atoms with Crippen LogP contribution in [0, 0.1) is 0 Å². The van der Waals surface area contributed by atoms with Gasteiger partial charge in [-0.2, -0.15) is 5.10 Å². The Kier molecular flexibility index (Phi) is 5.46. The van der Waals surface area contributed by atoms with Crippen molar-refractivity contribution < 1.29 is 14.2 Å². The summed E-state index contributed by atoms with van der Waals surface area (Å²) in [6.45, 7) is 0. The van der Waals surface area contributed by atoms with Crippen molar-refractivity contribution in [3.8, 4) is 17.2 Å². The highest BCUT2D eigenvalue weighted by Gasteiger charge is 2.31. The molecule has 1 atom stereocenters. The van der Waals surface area contributed by atoms with Crippen molar-refractivity contribution in [2.75, 3.05) is 21.3 Å². The standard InChI is InChI=1S/C23H23N3O3S/c1-27-18-8-6-14-10-16(5-4-15(14)11-18)19-13-20(26(25-19)23(24)30)17-7-9-21(28-2)22(12-17)29-3/h4-12,20H,13H2,1-3H3,(H2,24,30)/t20-/m1/s1. The summed E-state index contributed by atoms with van der Waals surface area (Å²) >= 11 is 5.28. The third kappa shape index (κ3) is 3.64. The van der Waals surface area contributed by atoms with Crippen LogP contribution in [0.1, 0.15) is 23.6 Å². The highest BCUT2D eigenvalue weighted by atomic mass is 32.1. The van der Waals surface area contributed by atoms with Crippen LogP contribution >= 0.6 is 12.2 Å². The summed E-state index contributed by atoms with van der Waals surface area (Å²) in [7, 11) is 4.90. The van der Waals surface area contributed by atoms with E-state index >= 15 is 0 Å². The van der Waals surface area contributed by atoms with Gasteiger partial charge in [-0.15, -0.1) is 0 Å². The molecule has 0 aromatic heterocycles. The number of nitrogens with zero attached hydrogens (tertiary/aromatic N) is 2. The van der Waals surface area contributed by atoms with Gasteiger partial charge < -0.3 is 19.9 Å². The zero-order valence-corrected chi connectivity index (χ0v) is 17.9. The third-order valence-electron chi connectivity index (χ3n) is 5.31. The van der Waals surface area contributed by atoms with E-state index in [1.807, 2.05) is 36.4 Å². The fourth-order valence-corrected chi connectivity index (χ4v) is 3.91. The second kappa shape index (κ2) is 8.20. The summed E-state index contributed by atoms with van der Waals surface area (Å²) in [5.41, 5.74) is 8.97. The van der Waals surface area contributed by atoms with E-state index < -0.39 is 0 Å². The number of nitrogens with two attached hydrogens (primary N) is 1. The predicted molar refractivity (Wildman–Crippen MR) is 123 cm³/mol. The molecule has 7 heteroatoms. The van der Waals surface area contributed by atoms with Gasteiger partial charge in [0.25, 0.3) is 0 Å². The van der Waals surface area contributed by atoms with E-state index in [0.717, 1.165) is 33.4 Å². The third-order valence-corrected chi connectivity index (χ3v) is 5.50. The van der Waals surface area contributed by atoms with Crippen molar-refractivity contribution in [1.29, 1.82) is 0 Å². The molecule has 3 aromatic carbocycles. The Morgan fingerprint density at radius 2 is 1.67 bits per heavy atom. The van der Waals surface area contributed by atoms with Gasteiger partial charge >= 0.3 is 0 Å². The Hall–Kier alpha value is -3.32. The maximum atomic E-state index is 6.00. The molecule has 0 spiro atoms. The van der Waals surface area contributed by atoms with Gasteiger partial charge in [0.05, 0.1) is 33.1 Å². The number of benzene rings is 3. The molecule has 0 fully saturated rings. The largest absolute Gasteiger partial charge is 0.497 e. The minimum atomic E-state index is -0.108. The van der Waals surface area contributed by atoms with Crippen molar-refractivity contribution >= 4 is 33.8 Å². The molecule has 0 radical (unpaired) electrons. The van der Waals surface area contributed by atoms with Gasteiger partial charge in [-0.25, -0.2) is 5.01 Å². The molecule has 6 nitrogen and oxygen atoms in total. The van der Waals surface area contributed by atoms with Crippen LogP contribution in [-0.2, 0) is 0 Å². The normalized spacial score (nSPS) is 15.8. The molecular formula is C23H23N3O3S. The number of ether oxygens (including phenoxy) is 3. The van der Waals surface area contributed by atoms with Crippen LogP contribution < -0.4 is 19.9 Å². The summed E-state index contributed by atoms with van der Waals surface area (Å²) in [4.78, 5) is 0. The second-order valence-electron chi connectivity index (χ2n) is 6.99. The molecule has 154 valence electrons. The Morgan fingerprint density at radius 1 is 0.933 bits per heavy atom. The summed E-state index contributed by atoms with van der Waals surface area (Å²) in [6, 6.07) is 18.0. The Labute approximate surface area is 180 Å². The fourth-order valence-electron chi connectivity index (χ4n) is 3.74. The summed E-state index contributed by atoms with van der Waals surface area (Å²) in [5, 5.41) is 8.90. The SMILES string of the molecule is COc1ccc2cc(C3=NN(C(N)=S)[C@@H](c4ccc(OC)c(OC)c4)C3)ccc2c1. The molecule has 0 amide bonds. The lowest BCUT2D eigenvalue weighted by molar-refractivity contribution is 0.347. The first kappa shape index (κ1) is 20.0. The molecule has 1 aliphatic rings. The lowest BCUT2D eigenvalue weighted by Gasteiger charge is -2.22. The molecule has 0 bridgehead atoms. The average molecular weight is 422 g/mol. The molecule has 0 aliphatic carbocycles. The number of hydrogen-bond acceptors (Lipinski definition) is 5. The van der Waals surface area contributed by atoms with Crippen molar-refractivity contribution in [1.82, 2.24) is 5.01 Å². The average Bonchev–Trinajstić information content (AvgIpc) is 3.23. The van der Waals surface area contributed by atoms with Crippen LogP contribution in [0.25, 0.3) is 10.8 Å². The number of rotatable bonds is 5. The molecule has 1 heterocycles. The monoisotopic (exact) mass is 421 g/mol. The number of hydrogen-bond donors (Lipinski definition) is 1. The van der Waals surface area contributed by atoms with Crippen LogP contribution in [-0.4, -0.2) is 37.2 Å². The van der Waals surface area contributed by atoms with Crippen molar-refractivity contribution in [3.63, 3.8) is 0 Å². The number of methoxy groups -OCH3 is 3. The molecule has 0 saturated heterocycles. The lowest BCUT2D eigenvalue weighted by atomic mass is 9.96. The van der Waals surface area contributed by atoms with Crippen molar-refractivity contribution in [2.24, 2.45) is 10.8 Å². The number of hydrazone groups is 1. The lowest BCUT2D eigenvalue weighted by Crippen LogP contribution is -2.31. The first-order valence-electron chi connectivity index (χ1n) is 9.50. The topological polar surface area (TPSA) is 69.3 Å². The van der Waals surface area contributed by atoms with Crippen LogP contribution in [0.3, 0.4) is 0 Å². The maximum Gasteiger partial charge on any atom is 0.187 e. The zero-order chi connectivity index (χ0) is 21.3. The van der Waals surface area contributed by atoms with E-state index in [1.165, 1.54) is 0 Å². The molecule has 1 aliphatic heterocycles. The Morgan fingerprint density at radius 3 is 2.37 bits per heavy atom. The quantitative estimate of drug-likeness (QED) is 0.621. The molecule has 0 saturated carbocycles. The number of fused-ring (bicyclic) bond motifs is 1. The van der Waals surface area contributed by atoms with E-state index in [4.69, 9.17) is 37.3 Å². The van der Waals surface area contributed by atoms with E-state index in [2.05, 4.69) is 18.2 Å². The molecular weight excluding hydrogens is 398 g/mol. The van der Waals surface area contributed by atoms with Gasteiger partial charge in [0.2, 0.25) is 0 Å². The summed E-state index contributed by atoms with van der Waals surface area (Å²) in [6.07, 6.45) is 0.675. The van der Waals surface area contributed by atoms with Gasteiger partial charge in [-0.05, 0) is 64.4 Å². The van der Waals surface area contributed by atoms with E-state index in [-0.39, 0.29) is 11.2 Å². The molecule has 2 N–H and O–H groups in total. The van der Waals surface area contributed by atoms with Crippen LogP contribution in [0.2, 0.25) is 0 Å². The zero-order valence-electron chi connectivity index (χ0n) is 17.1. The van der Waals surface area contributed by atoms with Crippen LogP contribution in [0.4, 0.5) is 0 Å². The molecule has 30 heavy (non-hydrogen) atoms. The van der Waals surface area contributed by atoms with Gasteiger partial charge in [-0.1, -0.05) is 24.3 Å². The van der Waals surface area contributed by atoms with E-state index in [0.29, 0.717) is 17.9 Å². The van der Waals surface area contributed by atoms with Gasteiger partial charge in [0, 0.05) is 6.42 Å². The second-order valence-corrected chi connectivity index (χ2v) is 7.41. The van der Waals surface area contributed by atoms with Crippen LogP contribution in [0.5, 0.6) is 17.2 Å². The smallest absolute Gasteiger partial charge is 0.187 e. The van der Waals surface area contributed by atoms with Gasteiger partial charge in [0.15, 0.2) is 16.6 Å². The summed E-state index contributed by atoms with van der Waals surface area (Å²) < 4.78 is 16.1. The van der Waals surface area contributed by atoms with E-state index in [9.17, 15) is 0 Å². The first-order chi connectivity index (χ1) is 14.5. The molecule has 0 unspecified atom stereocenters. The maximum absolute atomic E-state index is 6.00. The summed E-state index contributed by atoms with van der Waals surface area (Å²) in [5.74, 6) is 2.17. The highest BCUT2D eigenvalue weighted by Crippen LogP contribution is 2.37. The fraction of sp³-hybridized carbons (Fsp3) is 0.217. The molecule has 3 aromatic rings. The highest BCUT2D eigenvalue weighted by molar-refractivity contribution is 7.80. The van der Waals surface area contributed by atoms with Gasteiger partial charge in [0.1, 0.15) is 5.75 Å². The van der Waals surface area contributed by atoms with E-state index in [1.54, 1.807) is 26.3 Å².